The zero-order valence-corrected chi connectivity index (χ0v) is 9.58. The van der Waals surface area contributed by atoms with Crippen LogP contribution in [-0.4, -0.2) is 10.9 Å². The predicted molar refractivity (Wildman–Crippen MR) is 61.7 cm³/mol. The van der Waals surface area contributed by atoms with Crippen molar-refractivity contribution in [1.29, 1.82) is 0 Å². The number of rotatable bonds is 0. The summed E-state index contributed by atoms with van der Waals surface area (Å²) in [5.74, 6) is 0.195. The molecule has 3 heteroatoms. The third kappa shape index (κ3) is 2.78. The zero-order chi connectivity index (χ0) is 11.3. The van der Waals surface area contributed by atoms with Crippen LogP contribution in [0.1, 0.15) is 32.9 Å². The van der Waals surface area contributed by atoms with E-state index in [0.717, 1.165) is 24.2 Å². The molecule has 1 N–H and O–H groups in total. The largest absolute Gasteiger partial charge is 0.324 e. The molecule has 1 aliphatic rings. The summed E-state index contributed by atoms with van der Waals surface area (Å²) in [5, 5.41) is 2.87. The second-order valence-corrected chi connectivity index (χ2v) is 3.43. The summed E-state index contributed by atoms with van der Waals surface area (Å²) in [6.45, 7) is 5.95. The number of aryl methyl sites for hydroxylation is 1. The van der Waals surface area contributed by atoms with Crippen LogP contribution in [0.25, 0.3) is 0 Å². The lowest BCUT2D eigenvalue weighted by molar-refractivity contribution is -0.119. The lowest BCUT2D eigenvalue weighted by Gasteiger charge is -2.05. The minimum atomic E-state index is 0.0919. The van der Waals surface area contributed by atoms with Gasteiger partial charge in [-0.2, -0.15) is 0 Å². The number of fused-ring (bicyclic) bond motifs is 1. The molecule has 82 valence electrons. The molecule has 1 aliphatic heterocycles. The van der Waals surface area contributed by atoms with Crippen LogP contribution in [-0.2, 0) is 11.2 Å². The second kappa shape index (κ2) is 5.49. The molecule has 1 aromatic rings. The first-order chi connectivity index (χ1) is 7.27. The average Bonchev–Trinajstić information content (AvgIpc) is 2.43. The molecule has 2 heterocycles. The summed E-state index contributed by atoms with van der Waals surface area (Å²) < 4.78 is 0. The van der Waals surface area contributed by atoms with Gasteiger partial charge in [-0.3, -0.25) is 9.78 Å². The van der Waals surface area contributed by atoms with E-state index in [-0.39, 0.29) is 11.8 Å². The molecule has 0 spiro atoms. The van der Waals surface area contributed by atoms with E-state index in [4.69, 9.17) is 0 Å². The summed E-state index contributed by atoms with van der Waals surface area (Å²) in [7, 11) is 0. The first-order valence-electron chi connectivity index (χ1n) is 5.52. The van der Waals surface area contributed by atoms with E-state index in [1.54, 1.807) is 6.20 Å². The van der Waals surface area contributed by atoms with E-state index in [1.807, 2.05) is 32.9 Å². The Kier molecular flexibility index (Phi) is 4.28. The van der Waals surface area contributed by atoms with Crippen molar-refractivity contribution >= 4 is 11.6 Å². The normalized spacial score (nSPS) is 19.1. The molecule has 2 rings (SSSR count). The number of pyridine rings is 1. The molecular weight excluding hydrogens is 188 g/mol. The molecule has 1 aromatic heterocycles. The smallest absolute Gasteiger partial charge is 0.227 e. The van der Waals surface area contributed by atoms with Crippen molar-refractivity contribution in [1.82, 2.24) is 4.98 Å². The van der Waals surface area contributed by atoms with Crippen LogP contribution in [0.2, 0.25) is 0 Å². The topological polar surface area (TPSA) is 42.0 Å². The third-order valence-corrected chi connectivity index (χ3v) is 2.41. The molecule has 1 amide bonds. The Morgan fingerprint density at radius 2 is 2.20 bits per heavy atom. The van der Waals surface area contributed by atoms with Gasteiger partial charge in [0.2, 0.25) is 5.91 Å². The van der Waals surface area contributed by atoms with Gasteiger partial charge in [0.15, 0.2) is 0 Å². The lowest BCUT2D eigenvalue weighted by atomic mass is 10.1. The number of anilines is 1. The lowest BCUT2D eigenvalue weighted by Crippen LogP contribution is -2.18. The van der Waals surface area contributed by atoms with Crippen molar-refractivity contribution in [2.75, 3.05) is 5.32 Å². The summed E-state index contributed by atoms with van der Waals surface area (Å²) in [6.07, 6.45) is 3.53. The number of carbonyl (C=O) groups excluding carboxylic acids is 1. The summed E-state index contributed by atoms with van der Waals surface area (Å²) >= 11 is 0. The Balaban J connectivity index is 0.000000531. The first kappa shape index (κ1) is 11.7. The van der Waals surface area contributed by atoms with Crippen LogP contribution in [0, 0.1) is 5.92 Å². The maximum Gasteiger partial charge on any atom is 0.227 e. The fourth-order valence-electron chi connectivity index (χ4n) is 1.49. The fourth-order valence-corrected chi connectivity index (χ4v) is 1.49. The van der Waals surface area contributed by atoms with Crippen molar-refractivity contribution in [3.63, 3.8) is 0 Å². The standard InChI is InChI=1S/C10H12N2O.C2H6/c1-7-4-5-8-9(12-10(7)13)3-2-6-11-8;1-2/h2-3,6-7H,4-5H2,1H3,(H,12,13);1-2H3. The van der Waals surface area contributed by atoms with Gasteiger partial charge in [0.05, 0.1) is 11.4 Å². The molecule has 1 unspecified atom stereocenters. The molecule has 0 aromatic carbocycles. The van der Waals surface area contributed by atoms with Crippen LogP contribution in [0.3, 0.4) is 0 Å². The average molecular weight is 206 g/mol. The van der Waals surface area contributed by atoms with E-state index in [0.29, 0.717) is 0 Å². The van der Waals surface area contributed by atoms with E-state index >= 15 is 0 Å². The summed E-state index contributed by atoms with van der Waals surface area (Å²) in [5.41, 5.74) is 1.87. The predicted octanol–water partition coefficient (Wildman–Crippen LogP) is 2.63. The molecule has 0 aliphatic carbocycles. The van der Waals surface area contributed by atoms with Gasteiger partial charge < -0.3 is 5.32 Å². The van der Waals surface area contributed by atoms with Crippen molar-refractivity contribution in [3.8, 4) is 0 Å². The Bertz CT molecular complexity index is 336. The van der Waals surface area contributed by atoms with E-state index in [2.05, 4.69) is 10.3 Å². The highest BCUT2D eigenvalue weighted by molar-refractivity contribution is 5.93. The van der Waals surface area contributed by atoms with E-state index in [1.165, 1.54) is 0 Å². The SMILES string of the molecule is CC.CC1CCc2ncccc2NC1=O. The molecule has 3 nitrogen and oxygen atoms in total. The van der Waals surface area contributed by atoms with Crippen molar-refractivity contribution in [3.05, 3.63) is 24.0 Å². The monoisotopic (exact) mass is 206 g/mol. The van der Waals surface area contributed by atoms with Crippen molar-refractivity contribution in [2.24, 2.45) is 5.92 Å². The van der Waals surface area contributed by atoms with Gasteiger partial charge >= 0.3 is 0 Å². The van der Waals surface area contributed by atoms with Gasteiger partial charge in [0.1, 0.15) is 0 Å². The maximum atomic E-state index is 11.4. The summed E-state index contributed by atoms with van der Waals surface area (Å²) in [4.78, 5) is 15.7. The number of hydrogen-bond donors (Lipinski definition) is 1. The Morgan fingerprint density at radius 1 is 1.47 bits per heavy atom. The molecular formula is C12H18N2O. The van der Waals surface area contributed by atoms with Crippen LogP contribution < -0.4 is 5.32 Å². The Hall–Kier alpha value is -1.38. The molecule has 0 fully saturated rings. The molecule has 0 saturated carbocycles. The minimum absolute atomic E-state index is 0.0919. The zero-order valence-electron chi connectivity index (χ0n) is 9.58. The van der Waals surface area contributed by atoms with Gasteiger partial charge in [0.25, 0.3) is 0 Å². The fraction of sp³-hybridized carbons (Fsp3) is 0.500. The van der Waals surface area contributed by atoms with E-state index < -0.39 is 0 Å². The van der Waals surface area contributed by atoms with Crippen LogP contribution in [0.15, 0.2) is 18.3 Å². The molecule has 0 bridgehead atoms. The molecule has 1 atom stereocenters. The summed E-state index contributed by atoms with van der Waals surface area (Å²) in [6, 6.07) is 3.74. The number of carbonyl (C=O) groups is 1. The van der Waals surface area contributed by atoms with Gasteiger partial charge in [-0.1, -0.05) is 20.8 Å². The Labute approximate surface area is 90.9 Å². The number of nitrogens with zero attached hydrogens (tertiary/aromatic N) is 1. The Morgan fingerprint density at radius 3 is 2.93 bits per heavy atom. The number of nitrogens with one attached hydrogen (secondary N) is 1. The second-order valence-electron chi connectivity index (χ2n) is 3.43. The van der Waals surface area contributed by atoms with Crippen molar-refractivity contribution < 1.29 is 4.79 Å². The number of amides is 1. The third-order valence-electron chi connectivity index (χ3n) is 2.41. The van der Waals surface area contributed by atoms with Crippen LogP contribution in [0.5, 0.6) is 0 Å². The molecule has 0 saturated heterocycles. The van der Waals surface area contributed by atoms with E-state index in [9.17, 15) is 4.79 Å². The quantitative estimate of drug-likeness (QED) is 0.709. The highest BCUT2D eigenvalue weighted by Gasteiger charge is 2.19. The van der Waals surface area contributed by atoms with Crippen LogP contribution >= 0.6 is 0 Å². The highest BCUT2D eigenvalue weighted by Crippen LogP contribution is 2.21. The maximum absolute atomic E-state index is 11.4. The molecule has 15 heavy (non-hydrogen) atoms. The highest BCUT2D eigenvalue weighted by atomic mass is 16.1. The van der Waals surface area contributed by atoms with Crippen molar-refractivity contribution in [2.45, 2.75) is 33.6 Å². The number of hydrogen-bond acceptors (Lipinski definition) is 2. The number of aromatic nitrogens is 1. The minimum Gasteiger partial charge on any atom is -0.324 e. The van der Waals surface area contributed by atoms with Gasteiger partial charge in [0, 0.05) is 12.1 Å². The first-order valence-corrected chi connectivity index (χ1v) is 5.52. The van der Waals surface area contributed by atoms with Gasteiger partial charge in [-0.05, 0) is 25.0 Å². The van der Waals surface area contributed by atoms with Gasteiger partial charge in [-0.25, -0.2) is 0 Å². The van der Waals surface area contributed by atoms with Crippen LogP contribution in [0.4, 0.5) is 5.69 Å². The molecule has 0 radical (unpaired) electrons. The van der Waals surface area contributed by atoms with Gasteiger partial charge in [-0.15, -0.1) is 0 Å².